The second-order valence-corrected chi connectivity index (χ2v) is 7.25. The van der Waals surface area contributed by atoms with E-state index in [0.29, 0.717) is 5.75 Å². The highest BCUT2D eigenvalue weighted by atomic mass is 32.2. The van der Waals surface area contributed by atoms with E-state index in [1.165, 1.54) is 14.1 Å². The van der Waals surface area contributed by atoms with Crippen molar-refractivity contribution in [3.63, 3.8) is 0 Å². The molecule has 2 aromatic rings. The molecule has 0 saturated heterocycles. The number of rotatable bonds is 4. The molecule has 2 N–H and O–H groups in total. The number of benzene rings is 2. The van der Waals surface area contributed by atoms with E-state index >= 15 is 0 Å². The summed E-state index contributed by atoms with van der Waals surface area (Å²) in [6.07, 6.45) is 2.55. The van der Waals surface area contributed by atoms with Crippen molar-refractivity contribution in [1.82, 2.24) is 10.6 Å². The van der Waals surface area contributed by atoms with Crippen LogP contribution in [-0.2, 0) is 4.84 Å². The molecule has 0 fully saturated rings. The summed E-state index contributed by atoms with van der Waals surface area (Å²) in [5, 5.41) is 10.2. The van der Waals surface area contributed by atoms with Gasteiger partial charge in [-0.25, -0.2) is 9.59 Å². The summed E-state index contributed by atoms with van der Waals surface area (Å²) in [7, 11) is 3.02. The third-order valence-corrected chi connectivity index (χ3v) is 4.54. The van der Waals surface area contributed by atoms with Gasteiger partial charge in [-0.1, -0.05) is 41.6 Å². The minimum absolute atomic E-state index is 0.103. The van der Waals surface area contributed by atoms with E-state index in [1.807, 2.05) is 56.5 Å². The first-order valence-corrected chi connectivity index (χ1v) is 9.41. The fourth-order valence-corrected chi connectivity index (χ4v) is 1.88. The summed E-state index contributed by atoms with van der Waals surface area (Å²) in [5.41, 5.74) is 0. The zero-order chi connectivity index (χ0) is 20.3. The molecule has 0 aromatic heterocycles. The monoisotopic (exact) mass is 391 g/mol. The van der Waals surface area contributed by atoms with Gasteiger partial charge in [0, 0.05) is 24.2 Å². The molecule has 0 aliphatic carbocycles. The van der Waals surface area contributed by atoms with Gasteiger partial charge >= 0.3 is 12.2 Å². The smallest absolute Gasteiger partial charge is 0.410 e. The first-order valence-electron chi connectivity index (χ1n) is 8.18. The maximum atomic E-state index is 11.1. The molecule has 0 atom stereocenters. The number of carbonyl (C=O) groups excluding carboxylic acids is 2. The lowest BCUT2D eigenvalue weighted by molar-refractivity contribution is 0.153. The van der Waals surface area contributed by atoms with Crippen LogP contribution in [0.15, 0.2) is 47.6 Å². The predicted molar refractivity (Wildman–Crippen MR) is 111 cm³/mol. The molecule has 0 heterocycles. The standard InChI is InChI=1S/C12H11NO2.C7H14N2O2S/c1-13-12(14)15-11-8-4-6-9-5-2-3-7-10(9)11;1-7(2,12-4)5-9-11-6(10)8-3/h2-8H,1H3,(H,13,14);5H,1-4H3,(H,8,10)/b;9-5+. The third kappa shape index (κ3) is 8.00. The molecule has 27 heavy (non-hydrogen) atoms. The molecule has 8 heteroatoms. The number of thioether (sulfide) groups is 1. The number of nitrogens with one attached hydrogen (secondary N) is 2. The van der Waals surface area contributed by atoms with Crippen molar-refractivity contribution in [2.45, 2.75) is 18.6 Å². The number of ether oxygens (including phenoxy) is 1. The van der Waals surface area contributed by atoms with Crippen molar-refractivity contribution in [3.05, 3.63) is 42.5 Å². The molecule has 0 aliphatic heterocycles. The SMILES string of the molecule is CNC(=O)O/N=C/C(C)(C)SC.CNC(=O)Oc1cccc2ccccc12. The van der Waals surface area contributed by atoms with E-state index in [0.717, 1.165) is 10.8 Å². The predicted octanol–water partition coefficient (Wildman–Crippen LogP) is 4.03. The Bertz CT molecular complexity index is 788. The summed E-state index contributed by atoms with van der Waals surface area (Å²) in [6.45, 7) is 3.96. The highest BCUT2D eigenvalue weighted by Gasteiger charge is 2.12. The van der Waals surface area contributed by atoms with Crippen LogP contribution in [0, 0.1) is 0 Å². The first kappa shape index (κ1) is 22.3. The van der Waals surface area contributed by atoms with Gasteiger partial charge in [0.05, 0.1) is 6.21 Å². The highest BCUT2D eigenvalue weighted by molar-refractivity contribution is 8.00. The molecule has 0 bridgehead atoms. The molecule has 146 valence electrons. The van der Waals surface area contributed by atoms with E-state index in [2.05, 4.69) is 20.6 Å². The number of hydrogen-bond donors (Lipinski definition) is 2. The zero-order valence-corrected chi connectivity index (χ0v) is 16.9. The Labute approximate surface area is 163 Å². The van der Waals surface area contributed by atoms with Gasteiger partial charge in [-0.05, 0) is 31.6 Å². The molecule has 0 spiro atoms. The van der Waals surface area contributed by atoms with Crippen LogP contribution < -0.4 is 15.4 Å². The molecular weight excluding hydrogens is 366 g/mol. The average molecular weight is 391 g/mol. The van der Waals surface area contributed by atoms with Crippen LogP contribution in [0.5, 0.6) is 5.75 Å². The summed E-state index contributed by atoms with van der Waals surface area (Å²) in [5.74, 6) is 0.576. The van der Waals surface area contributed by atoms with Crippen molar-refractivity contribution >= 4 is 40.9 Å². The Morgan fingerprint density at radius 3 is 2.30 bits per heavy atom. The normalized spacial score (nSPS) is 10.7. The number of hydrogen-bond acceptors (Lipinski definition) is 6. The van der Waals surface area contributed by atoms with E-state index in [9.17, 15) is 9.59 Å². The maximum absolute atomic E-state index is 11.1. The summed E-state index contributed by atoms with van der Waals surface area (Å²) in [6, 6.07) is 13.4. The fraction of sp³-hybridized carbons (Fsp3) is 0.316. The van der Waals surface area contributed by atoms with Crippen molar-refractivity contribution in [2.75, 3.05) is 20.4 Å². The third-order valence-electron chi connectivity index (χ3n) is 3.39. The molecule has 0 unspecified atom stereocenters. The van der Waals surface area contributed by atoms with Gasteiger partial charge in [-0.15, -0.1) is 0 Å². The van der Waals surface area contributed by atoms with E-state index in [1.54, 1.807) is 24.0 Å². The fourth-order valence-electron chi connectivity index (χ4n) is 1.74. The van der Waals surface area contributed by atoms with Crippen LogP contribution in [0.3, 0.4) is 0 Å². The van der Waals surface area contributed by atoms with Gasteiger partial charge in [0.25, 0.3) is 0 Å². The molecule has 0 saturated carbocycles. The number of fused-ring (bicyclic) bond motifs is 1. The second-order valence-electron chi connectivity index (χ2n) is 5.79. The Kier molecular flexibility index (Phi) is 9.15. The van der Waals surface area contributed by atoms with Crippen LogP contribution >= 0.6 is 11.8 Å². The van der Waals surface area contributed by atoms with E-state index in [4.69, 9.17) is 4.74 Å². The van der Waals surface area contributed by atoms with Crippen LogP contribution in [0.1, 0.15) is 13.8 Å². The minimum Gasteiger partial charge on any atom is -0.410 e. The molecule has 2 rings (SSSR count). The lowest BCUT2D eigenvalue weighted by atomic mass is 10.1. The first-order chi connectivity index (χ1) is 12.8. The summed E-state index contributed by atoms with van der Waals surface area (Å²) >= 11 is 1.63. The van der Waals surface area contributed by atoms with E-state index in [-0.39, 0.29) is 4.75 Å². The van der Waals surface area contributed by atoms with Crippen molar-refractivity contribution < 1.29 is 19.2 Å². The van der Waals surface area contributed by atoms with Crippen LogP contribution in [0.25, 0.3) is 10.8 Å². The van der Waals surface area contributed by atoms with Gasteiger partial charge < -0.3 is 15.4 Å². The molecular formula is C19H25N3O4S. The van der Waals surface area contributed by atoms with Gasteiger partial charge in [0.1, 0.15) is 5.75 Å². The Morgan fingerprint density at radius 2 is 1.67 bits per heavy atom. The molecule has 2 aromatic carbocycles. The largest absolute Gasteiger partial charge is 0.433 e. The minimum atomic E-state index is -0.553. The number of oxime groups is 1. The molecule has 0 aliphatic rings. The van der Waals surface area contributed by atoms with Crippen LogP contribution in [-0.4, -0.2) is 43.5 Å². The highest BCUT2D eigenvalue weighted by Crippen LogP contribution is 2.25. The topological polar surface area (TPSA) is 89.0 Å². The van der Waals surface area contributed by atoms with Gasteiger partial charge in [0.2, 0.25) is 0 Å². The van der Waals surface area contributed by atoms with Crippen molar-refractivity contribution in [2.24, 2.45) is 5.16 Å². The number of amides is 2. The summed E-state index contributed by atoms with van der Waals surface area (Å²) in [4.78, 5) is 26.1. The average Bonchev–Trinajstić information content (AvgIpc) is 2.68. The van der Waals surface area contributed by atoms with E-state index < -0.39 is 12.2 Å². The van der Waals surface area contributed by atoms with Crippen LogP contribution in [0.2, 0.25) is 0 Å². The Balaban J connectivity index is 0.000000279. The molecule has 7 nitrogen and oxygen atoms in total. The second kappa shape index (κ2) is 11.1. The molecule has 0 radical (unpaired) electrons. The molecule has 2 amide bonds. The lowest BCUT2D eigenvalue weighted by Gasteiger charge is -2.13. The van der Waals surface area contributed by atoms with Gasteiger partial charge in [0.15, 0.2) is 0 Å². The quantitative estimate of drug-likeness (QED) is 0.467. The maximum Gasteiger partial charge on any atom is 0.433 e. The van der Waals surface area contributed by atoms with Crippen molar-refractivity contribution in [3.8, 4) is 5.75 Å². The van der Waals surface area contributed by atoms with Gasteiger partial charge in [-0.3, -0.25) is 4.84 Å². The summed E-state index contributed by atoms with van der Waals surface area (Å²) < 4.78 is 5.02. The Morgan fingerprint density at radius 1 is 1.04 bits per heavy atom. The van der Waals surface area contributed by atoms with Gasteiger partial charge in [-0.2, -0.15) is 11.8 Å². The van der Waals surface area contributed by atoms with Crippen molar-refractivity contribution in [1.29, 1.82) is 0 Å². The zero-order valence-electron chi connectivity index (χ0n) is 16.1. The van der Waals surface area contributed by atoms with Crippen LogP contribution in [0.4, 0.5) is 9.59 Å². The Hall–Kier alpha value is -2.74. The number of nitrogens with zero attached hydrogens (tertiary/aromatic N) is 1. The lowest BCUT2D eigenvalue weighted by Crippen LogP contribution is -2.22. The number of carbonyl (C=O) groups is 2.